The quantitative estimate of drug-likeness (QED) is 0.730. The molecule has 0 radical (unpaired) electrons. The molecule has 5 nitrogen and oxygen atoms in total. The van der Waals surface area contributed by atoms with Gasteiger partial charge in [-0.15, -0.1) is 0 Å². The van der Waals surface area contributed by atoms with Crippen molar-refractivity contribution in [2.24, 2.45) is 11.8 Å². The molecule has 1 aliphatic carbocycles. The van der Waals surface area contributed by atoms with Crippen LogP contribution in [0.25, 0.3) is 0 Å². The Hall–Kier alpha value is -2.02. The Morgan fingerprint density at radius 3 is 2.16 bits per heavy atom. The van der Waals surface area contributed by atoms with E-state index in [0.717, 1.165) is 50.9 Å². The first-order valence-electron chi connectivity index (χ1n) is 11.7. The van der Waals surface area contributed by atoms with Crippen LogP contribution in [-0.4, -0.2) is 71.8 Å². The fourth-order valence-corrected chi connectivity index (χ4v) is 5.38. The second-order valence-electron chi connectivity index (χ2n) is 9.45. The van der Waals surface area contributed by atoms with Crippen LogP contribution in [0.2, 0.25) is 0 Å². The minimum Gasteiger partial charge on any atom is -0.341 e. The van der Waals surface area contributed by atoms with E-state index in [0.29, 0.717) is 38.0 Å². The average molecular weight is 434 g/mol. The van der Waals surface area contributed by atoms with Crippen molar-refractivity contribution in [1.29, 1.82) is 0 Å². The zero-order valence-electron chi connectivity index (χ0n) is 18.4. The minimum absolute atomic E-state index is 0.0966. The van der Waals surface area contributed by atoms with Gasteiger partial charge >= 0.3 is 0 Å². The lowest BCUT2D eigenvalue weighted by molar-refractivity contribution is -0.141. The maximum Gasteiger partial charge on any atom is 0.256 e. The van der Waals surface area contributed by atoms with E-state index >= 15 is 0 Å². The lowest BCUT2D eigenvalue weighted by Crippen LogP contribution is -2.59. The maximum absolute atomic E-state index is 14.1. The van der Waals surface area contributed by atoms with E-state index in [1.54, 1.807) is 4.90 Å². The molecule has 2 aliphatic heterocycles. The van der Waals surface area contributed by atoms with Gasteiger partial charge in [-0.2, -0.15) is 0 Å². The van der Waals surface area contributed by atoms with Crippen LogP contribution in [-0.2, 0) is 4.79 Å². The van der Waals surface area contributed by atoms with Gasteiger partial charge in [0, 0.05) is 45.3 Å². The smallest absolute Gasteiger partial charge is 0.256 e. The Bertz CT molecular complexity index is 796. The molecule has 2 heterocycles. The molecule has 4 rings (SSSR count). The monoisotopic (exact) mass is 433 g/mol. The molecule has 1 aromatic carbocycles. The first-order valence-corrected chi connectivity index (χ1v) is 11.7. The highest BCUT2D eigenvalue weighted by Gasteiger charge is 2.40. The van der Waals surface area contributed by atoms with Crippen LogP contribution in [0.5, 0.6) is 0 Å². The van der Waals surface area contributed by atoms with Gasteiger partial charge in [0.25, 0.3) is 5.91 Å². The number of likely N-dealkylation sites (tertiary alicyclic amines) is 1. The molecule has 3 aliphatic rings. The minimum atomic E-state index is -0.828. The van der Waals surface area contributed by atoms with Gasteiger partial charge in [-0.1, -0.05) is 19.8 Å². The summed E-state index contributed by atoms with van der Waals surface area (Å²) in [6.07, 6.45) is 6.64. The van der Waals surface area contributed by atoms with Gasteiger partial charge in [0.1, 0.15) is 11.6 Å². The van der Waals surface area contributed by atoms with Crippen LogP contribution in [0.15, 0.2) is 18.2 Å². The molecule has 0 unspecified atom stereocenters. The Balaban J connectivity index is 1.42. The molecule has 3 fully saturated rings. The molecular formula is C24H33F2N3O2. The van der Waals surface area contributed by atoms with Crippen LogP contribution >= 0.6 is 0 Å². The summed E-state index contributed by atoms with van der Waals surface area (Å²) in [6.45, 7) is 6.03. The lowest BCUT2D eigenvalue weighted by Gasteiger charge is -2.43. The number of hydrogen-bond acceptors (Lipinski definition) is 3. The molecule has 1 saturated carbocycles. The number of piperidine rings is 1. The largest absolute Gasteiger partial charge is 0.341 e. The van der Waals surface area contributed by atoms with E-state index in [9.17, 15) is 18.4 Å². The SMILES string of the molecule is CC1CCN(C(=O)[C@H](C2CCCC2)N2CCN(C(=O)c3ccc(F)cc3F)CC2)CC1. The Morgan fingerprint density at radius 2 is 1.55 bits per heavy atom. The van der Waals surface area contributed by atoms with Crippen LogP contribution in [0.4, 0.5) is 8.78 Å². The molecule has 31 heavy (non-hydrogen) atoms. The fraction of sp³-hybridized carbons (Fsp3) is 0.667. The summed E-state index contributed by atoms with van der Waals surface area (Å²) < 4.78 is 27.2. The normalized spacial score (nSPS) is 22.7. The van der Waals surface area contributed by atoms with E-state index in [-0.39, 0.29) is 17.5 Å². The Morgan fingerprint density at radius 1 is 0.903 bits per heavy atom. The van der Waals surface area contributed by atoms with Crippen LogP contribution in [0.3, 0.4) is 0 Å². The number of rotatable bonds is 4. The van der Waals surface area contributed by atoms with Crippen molar-refractivity contribution in [1.82, 2.24) is 14.7 Å². The fourth-order valence-electron chi connectivity index (χ4n) is 5.38. The van der Waals surface area contributed by atoms with Crippen molar-refractivity contribution in [3.05, 3.63) is 35.4 Å². The topological polar surface area (TPSA) is 43.9 Å². The van der Waals surface area contributed by atoms with E-state index in [1.165, 1.54) is 18.9 Å². The maximum atomic E-state index is 14.1. The van der Waals surface area contributed by atoms with Gasteiger partial charge in [0.15, 0.2) is 0 Å². The van der Waals surface area contributed by atoms with Crippen LogP contribution in [0.1, 0.15) is 55.8 Å². The van der Waals surface area contributed by atoms with Gasteiger partial charge in [0.05, 0.1) is 11.6 Å². The van der Waals surface area contributed by atoms with Crippen molar-refractivity contribution < 1.29 is 18.4 Å². The second-order valence-corrected chi connectivity index (χ2v) is 9.45. The molecule has 1 aromatic rings. The molecule has 170 valence electrons. The van der Waals surface area contributed by atoms with Gasteiger partial charge < -0.3 is 9.80 Å². The van der Waals surface area contributed by atoms with E-state index in [4.69, 9.17) is 0 Å². The molecular weight excluding hydrogens is 400 g/mol. The summed E-state index contributed by atoms with van der Waals surface area (Å²) in [5.74, 6) is -0.622. The predicted octanol–water partition coefficient (Wildman–Crippen LogP) is 3.54. The first kappa shape index (κ1) is 22.2. The third kappa shape index (κ3) is 4.92. The molecule has 0 aromatic heterocycles. The molecule has 7 heteroatoms. The van der Waals surface area contributed by atoms with E-state index < -0.39 is 17.5 Å². The lowest BCUT2D eigenvalue weighted by atomic mass is 9.92. The van der Waals surface area contributed by atoms with Crippen LogP contribution < -0.4 is 0 Å². The summed E-state index contributed by atoms with van der Waals surface area (Å²) in [6, 6.07) is 2.95. The van der Waals surface area contributed by atoms with Gasteiger partial charge in [-0.3, -0.25) is 14.5 Å². The highest BCUT2D eigenvalue weighted by Crippen LogP contribution is 2.33. The molecule has 2 amide bonds. The molecule has 0 N–H and O–H groups in total. The molecule has 0 bridgehead atoms. The summed E-state index contributed by atoms with van der Waals surface area (Å²) in [4.78, 5) is 32.2. The van der Waals surface area contributed by atoms with Gasteiger partial charge in [0.2, 0.25) is 5.91 Å². The third-order valence-corrected chi connectivity index (χ3v) is 7.35. The number of benzene rings is 1. The Labute approximate surface area is 183 Å². The summed E-state index contributed by atoms with van der Waals surface area (Å²) in [5, 5.41) is 0. The number of hydrogen-bond donors (Lipinski definition) is 0. The van der Waals surface area contributed by atoms with E-state index in [2.05, 4.69) is 16.7 Å². The summed E-state index contributed by atoms with van der Waals surface area (Å²) >= 11 is 0. The third-order valence-electron chi connectivity index (χ3n) is 7.35. The Kier molecular flexibility index (Phi) is 6.89. The van der Waals surface area contributed by atoms with E-state index in [1.807, 2.05) is 0 Å². The van der Waals surface area contributed by atoms with Crippen molar-refractivity contribution in [2.75, 3.05) is 39.3 Å². The number of halogens is 2. The summed E-state index contributed by atoms with van der Waals surface area (Å²) in [7, 11) is 0. The van der Waals surface area contributed by atoms with Crippen molar-refractivity contribution in [3.63, 3.8) is 0 Å². The first-order chi connectivity index (χ1) is 14.9. The molecule has 0 spiro atoms. The molecule has 1 atom stereocenters. The average Bonchev–Trinajstić information content (AvgIpc) is 3.29. The van der Waals surface area contributed by atoms with Crippen molar-refractivity contribution in [2.45, 2.75) is 51.5 Å². The number of amides is 2. The zero-order chi connectivity index (χ0) is 22.0. The summed E-state index contributed by atoms with van der Waals surface area (Å²) in [5.41, 5.74) is -0.0966. The van der Waals surface area contributed by atoms with Crippen molar-refractivity contribution in [3.8, 4) is 0 Å². The highest BCUT2D eigenvalue weighted by atomic mass is 19.1. The van der Waals surface area contributed by atoms with Gasteiger partial charge in [-0.05, 0) is 49.7 Å². The number of carbonyl (C=O) groups excluding carboxylic acids is 2. The zero-order valence-corrected chi connectivity index (χ0v) is 18.4. The predicted molar refractivity (Wildman–Crippen MR) is 115 cm³/mol. The number of nitrogens with zero attached hydrogens (tertiary/aromatic N) is 3. The van der Waals surface area contributed by atoms with Gasteiger partial charge in [-0.25, -0.2) is 8.78 Å². The van der Waals surface area contributed by atoms with Crippen LogP contribution in [0, 0.1) is 23.5 Å². The highest BCUT2D eigenvalue weighted by molar-refractivity contribution is 5.94. The second kappa shape index (κ2) is 9.63. The number of piperazine rings is 1. The number of carbonyl (C=O) groups is 2. The standard InChI is InChI=1S/C24H33F2N3O2/c1-17-8-10-28(11-9-17)24(31)22(18-4-2-3-5-18)27-12-14-29(15-13-27)23(30)20-7-6-19(25)16-21(20)26/h6-7,16-18,22H,2-5,8-15H2,1H3/t22-/m0/s1. The van der Waals surface area contributed by atoms with Crippen molar-refractivity contribution >= 4 is 11.8 Å². The molecule has 2 saturated heterocycles.